The molecule has 1 aliphatic heterocycles. The van der Waals surface area contributed by atoms with Crippen LogP contribution in [-0.2, 0) is 16.1 Å². The number of hydrogen-bond donors (Lipinski definition) is 1. The number of carbonyl (C=O) groups is 2. The summed E-state index contributed by atoms with van der Waals surface area (Å²) in [6.07, 6.45) is 0. The van der Waals surface area contributed by atoms with Crippen molar-refractivity contribution in [2.75, 3.05) is 13.7 Å². The smallest absolute Gasteiger partial charge is 0.330 e. The van der Waals surface area contributed by atoms with Crippen molar-refractivity contribution in [3.05, 3.63) is 35.9 Å². The lowest BCUT2D eigenvalue weighted by Crippen LogP contribution is -2.35. The summed E-state index contributed by atoms with van der Waals surface area (Å²) in [5.74, 6) is -0.408. The molecule has 17 heavy (non-hydrogen) atoms. The Labute approximate surface area is 99.4 Å². The lowest BCUT2D eigenvalue weighted by atomic mass is 10.2. The van der Waals surface area contributed by atoms with Crippen LogP contribution in [0.25, 0.3) is 0 Å². The lowest BCUT2D eigenvalue weighted by molar-refractivity contribution is -0.142. The van der Waals surface area contributed by atoms with Crippen molar-refractivity contribution in [2.45, 2.75) is 12.6 Å². The van der Waals surface area contributed by atoms with Crippen molar-refractivity contribution in [3.8, 4) is 0 Å². The number of amides is 2. The zero-order chi connectivity index (χ0) is 12.3. The highest BCUT2D eigenvalue weighted by Gasteiger charge is 2.33. The van der Waals surface area contributed by atoms with Crippen molar-refractivity contribution >= 4 is 12.0 Å². The normalized spacial score (nSPS) is 19.0. The van der Waals surface area contributed by atoms with Gasteiger partial charge in [0.15, 0.2) is 0 Å². The molecular weight excluding hydrogens is 220 g/mol. The summed E-state index contributed by atoms with van der Waals surface area (Å²) in [6.45, 7) is 0.848. The van der Waals surface area contributed by atoms with Crippen LogP contribution in [0.4, 0.5) is 4.79 Å². The van der Waals surface area contributed by atoms with Gasteiger partial charge in [0.25, 0.3) is 0 Å². The number of rotatable bonds is 3. The van der Waals surface area contributed by atoms with E-state index in [1.54, 1.807) is 4.90 Å². The summed E-state index contributed by atoms with van der Waals surface area (Å²) >= 11 is 0. The van der Waals surface area contributed by atoms with Crippen LogP contribution in [-0.4, -0.2) is 36.6 Å². The molecule has 90 valence electrons. The van der Waals surface area contributed by atoms with Gasteiger partial charge in [-0.15, -0.1) is 0 Å². The van der Waals surface area contributed by atoms with Gasteiger partial charge in [-0.25, -0.2) is 9.59 Å². The summed E-state index contributed by atoms with van der Waals surface area (Å²) in [4.78, 5) is 24.5. The van der Waals surface area contributed by atoms with Gasteiger partial charge in [-0.2, -0.15) is 0 Å². The number of carbonyl (C=O) groups excluding carboxylic acids is 2. The van der Waals surface area contributed by atoms with Crippen molar-refractivity contribution < 1.29 is 14.3 Å². The number of ether oxygens (including phenoxy) is 1. The molecule has 0 saturated carbocycles. The van der Waals surface area contributed by atoms with Crippen LogP contribution in [0.2, 0.25) is 0 Å². The standard InChI is InChI=1S/C12H14N2O3/c1-17-11(15)10-8-14(12(16)13-10)7-9-5-3-2-4-6-9/h2-6,10H,7-8H2,1H3,(H,13,16). The first-order valence-corrected chi connectivity index (χ1v) is 5.38. The number of nitrogens with zero attached hydrogens (tertiary/aromatic N) is 1. The zero-order valence-electron chi connectivity index (χ0n) is 9.55. The third-order valence-corrected chi connectivity index (χ3v) is 2.69. The molecule has 0 aromatic heterocycles. The van der Waals surface area contributed by atoms with E-state index >= 15 is 0 Å². The second-order valence-electron chi connectivity index (χ2n) is 3.89. The van der Waals surface area contributed by atoms with Crippen LogP contribution in [0.3, 0.4) is 0 Å². The molecule has 0 bridgehead atoms. The van der Waals surface area contributed by atoms with Crippen LogP contribution < -0.4 is 5.32 Å². The Morgan fingerprint density at radius 2 is 2.18 bits per heavy atom. The van der Waals surface area contributed by atoms with Gasteiger partial charge in [0.1, 0.15) is 6.04 Å². The molecule has 1 aliphatic rings. The highest BCUT2D eigenvalue weighted by atomic mass is 16.5. The molecule has 0 spiro atoms. The molecule has 1 N–H and O–H groups in total. The Balaban J connectivity index is 1.99. The van der Waals surface area contributed by atoms with E-state index in [2.05, 4.69) is 10.1 Å². The molecule has 2 amide bonds. The van der Waals surface area contributed by atoms with Gasteiger partial charge < -0.3 is 15.0 Å². The fraction of sp³-hybridized carbons (Fsp3) is 0.333. The predicted molar refractivity (Wildman–Crippen MR) is 61.2 cm³/mol. The maximum atomic E-state index is 11.6. The van der Waals surface area contributed by atoms with Crippen molar-refractivity contribution in [1.82, 2.24) is 10.2 Å². The molecule has 5 heteroatoms. The van der Waals surface area contributed by atoms with Crippen molar-refractivity contribution in [3.63, 3.8) is 0 Å². The van der Waals surface area contributed by atoms with Crippen LogP contribution in [0, 0.1) is 0 Å². The summed E-state index contributed by atoms with van der Waals surface area (Å²) in [7, 11) is 1.31. The topological polar surface area (TPSA) is 58.6 Å². The van der Waals surface area contributed by atoms with Gasteiger partial charge in [-0.1, -0.05) is 30.3 Å². The van der Waals surface area contributed by atoms with Gasteiger partial charge >= 0.3 is 12.0 Å². The van der Waals surface area contributed by atoms with Gasteiger partial charge in [0.05, 0.1) is 13.7 Å². The van der Waals surface area contributed by atoms with E-state index in [1.165, 1.54) is 7.11 Å². The number of methoxy groups -OCH3 is 1. The fourth-order valence-electron chi connectivity index (χ4n) is 1.81. The molecule has 2 rings (SSSR count). The molecule has 1 fully saturated rings. The first kappa shape index (κ1) is 11.4. The Bertz CT molecular complexity index is 419. The van der Waals surface area contributed by atoms with E-state index in [0.717, 1.165) is 5.56 Å². The van der Waals surface area contributed by atoms with Crippen LogP contribution in [0.15, 0.2) is 30.3 Å². The molecule has 1 unspecified atom stereocenters. The fourth-order valence-corrected chi connectivity index (χ4v) is 1.81. The number of esters is 1. The molecule has 0 aliphatic carbocycles. The van der Waals surface area contributed by atoms with Gasteiger partial charge in [-0.3, -0.25) is 0 Å². The minimum absolute atomic E-state index is 0.232. The van der Waals surface area contributed by atoms with Crippen molar-refractivity contribution in [2.24, 2.45) is 0 Å². The van der Waals surface area contributed by atoms with Crippen LogP contribution in [0.5, 0.6) is 0 Å². The zero-order valence-corrected chi connectivity index (χ0v) is 9.55. The van der Waals surface area contributed by atoms with Crippen LogP contribution in [0.1, 0.15) is 5.56 Å². The predicted octanol–water partition coefficient (Wildman–Crippen LogP) is 0.753. The first-order valence-electron chi connectivity index (χ1n) is 5.38. The molecular formula is C12H14N2O3. The highest BCUT2D eigenvalue weighted by molar-refractivity contribution is 5.87. The Morgan fingerprint density at radius 1 is 1.47 bits per heavy atom. The highest BCUT2D eigenvalue weighted by Crippen LogP contribution is 2.10. The number of hydrogen-bond acceptors (Lipinski definition) is 3. The largest absolute Gasteiger partial charge is 0.467 e. The first-order chi connectivity index (χ1) is 8.20. The SMILES string of the molecule is COC(=O)C1CN(Cc2ccccc2)C(=O)N1. The quantitative estimate of drug-likeness (QED) is 0.785. The molecule has 1 atom stereocenters. The van der Waals surface area contributed by atoms with Crippen molar-refractivity contribution in [1.29, 1.82) is 0 Å². The number of nitrogens with one attached hydrogen (secondary N) is 1. The second kappa shape index (κ2) is 4.86. The van der Waals surface area contributed by atoms with E-state index in [4.69, 9.17) is 0 Å². The second-order valence-corrected chi connectivity index (χ2v) is 3.89. The van der Waals surface area contributed by atoms with Gasteiger partial charge in [-0.05, 0) is 5.56 Å². The average Bonchev–Trinajstić information content (AvgIpc) is 2.71. The summed E-state index contributed by atoms with van der Waals surface area (Å²) in [6, 6.07) is 8.85. The number of benzene rings is 1. The third-order valence-electron chi connectivity index (χ3n) is 2.69. The summed E-state index contributed by atoms with van der Waals surface area (Å²) in [5, 5.41) is 2.59. The molecule has 1 aromatic rings. The number of urea groups is 1. The summed E-state index contributed by atoms with van der Waals surface area (Å²) < 4.78 is 4.60. The van der Waals surface area contributed by atoms with E-state index in [1.807, 2.05) is 30.3 Å². The Hall–Kier alpha value is -2.04. The van der Waals surface area contributed by atoms with Crippen LogP contribution >= 0.6 is 0 Å². The maximum Gasteiger partial charge on any atom is 0.330 e. The lowest BCUT2D eigenvalue weighted by Gasteiger charge is -2.14. The third kappa shape index (κ3) is 2.55. The molecule has 1 aromatic carbocycles. The Morgan fingerprint density at radius 3 is 2.82 bits per heavy atom. The van der Waals surface area contributed by atoms with E-state index in [-0.39, 0.29) is 6.03 Å². The van der Waals surface area contributed by atoms with Gasteiger partial charge in [0, 0.05) is 6.54 Å². The van der Waals surface area contributed by atoms with Gasteiger partial charge in [0.2, 0.25) is 0 Å². The molecule has 1 saturated heterocycles. The maximum absolute atomic E-state index is 11.6. The van der Waals surface area contributed by atoms with E-state index in [0.29, 0.717) is 13.1 Å². The van der Waals surface area contributed by atoms with E-state index in [9.17, 15) is 9.59 Å². The molecule has 5 nitrogen and oxygen atoms in total. The minimum Gasteiger partial charge on any atom is -0.467 e. The minimum atomic E-state index is -0.559. The van der Waals surface area contributed by atoms with E-state index < -0.39 is 12.0 Å². The molecule has 0 radical (unpaired) electrons. The monoisotopic (exact) mass is 234 g/mol. The summed E-state index contributed by atoms with van der Waals surface area (Å²) in [5.41, 5.74) is 1.04. The average molecular weight is 234 g/mol. The Kier molecular flexibility index (Phi) is 3.27. The molecule has 1 heterocycles.